The number of nitrogens with one attached hydrogen (secondary N) is 2. The summed E-state index contributed by atoms with van der Waals surface area (Å²) in [5.74, 6) is 3.20. The summed E-state index contributed by atoms with van der Waals surface area (Å²) in [6, 6.07) is 1.10. The van der Waals surface area contributed by atoms with Gasteiger partial charge in [-0.15, -0.1) is 0 Å². The van der Waals surface area contributed by atoms with Crippen molar-refractivity contribution in [3.63, 3.8) is 0 Å². The van der Waals surface area contributed by atoms with Crippen LogP contribution in [-0.2, 0) is 4.79 Å². The topological polar surface area (TPSA) is 83.3 Å². The number of hydrogen-bond donors (Lipinski definition) is 3. The Morgan fingerprint density at radius 3 is 2.63 bits per heavy atom. The monoisotopic (exact) mass is 379 g/mol. The Morgan fingerprint density at radius 2 is 2.04 bits per heavy atom. The van der Waals surface area contributed by atoms with E-state index in [-0.39, 0.29) is 22.9 Å². The highest BCUT2D eigenvalue weighted by Gasteiger charge is 2.30. The normalized spacial score (nSPS) is 16.0. The van der Waals surface area contributed by atoms with Crippen LogP contribution in [0.2, 0.25) is 0 Å². The number of hydrogen-bond acceptors (Lipinski definition) is 5. The zero-order chi connectivity index (χ0) is 20.0. The van der Waals surface area contributed by atoms with Crippen molar-refractivity contribution in [1.29, 1.82) is 0 Å². The van der Waals surface area contributed by atoms with Gasteiger partial charge in [0.2, 0.25) is 5.91 Å². The maximum atomic E-state index is 14.7. The molecule has 1 aliphatic heterocycles. The molecule has 1 aromatic rings. The number of likely N-dealkylation sites (tertiary alicyclic amines) is 1. The maximum absolute atomic E-state index is 14.7. The third kappa shape index (κ3) is 5.58. The summed E-state index contributed by atoms with van der Waals surface area (Å²) in [6.45, 7) is 10.1. The molecule has 2 heterocycles. The van der Waals surface area contributed by atoms with Crippen LogP contribution in [0.1, 0.15) is 38.7 Å². The number of hydrazine groups is 1. The molecule has 0 aliphatic carbocycles. The van der Waals surface area contributed by atoms with Gasteiger partial charge in [0.05, 0.1) is 6.20 Å². The Hall–Kier alpha value is -2.32. The first kappa shape index (κ1) is 21.0. The number of pyridine rings is 1. The summed E-state index contributed by atoms with van der Waals surface area (Å²) in [5.41, 5.74) is 1.46. The zero-order valence-corrected chi connectivity index (χ0v) is 15.8. The first-order valence-corrected chi connectivity index (χ1v) is 8.95. The van der Waals surface area contributed by atoms with Gasteiger partial charge in [0.25, 0.3) is 0 Å². The van der Waals surface area contributed by atoms with E-state index >= 15 is 0 Å². The number of rotatable bonds is 8. The van der Waals surface area contributed by atoms with E-state index in [4.69, 9.17) is 5.84 Å². The standard InChI is InChI=1S/C19H27F2N5O/c1-13(14-10-15(20)12-23-11-14)16(21)17(25-22)24-18(27)19(2,3)6-9-26-7-4-5-8-26/h10-12,25H,1,4-9,22H2,2-3H3,(H,24,27)/b17-16+. The molecule has 0 unspecified atom stereocenters. The Labute approximate surface area is 158 Å². The third-order valence-corrected chi connectivity index (χ3v) is 4.79. The van der Waals surface area contributed by atoms with Crippen LogP contribution >= 0.6 is 0 Å². The summed E-state index contributed by atoms with van der Waals surface area (Å²) in [6.07, 6.45) is 5.27. The lowest BCUT2D eigenvalue weighted by Gasteiger charge is -2.27. The van der Waals surface area contributed by atoms with E-state index in [0.29, 0.717) is 6.42 Å². The van der Waals surface area contributed by atoms with E-state index in [2.05, 4.69) is 27.2 Å². The van der Waals surface area contributed by atoms with Crippen molar-refractivity contribution in [3.05, 3.63) is 48.1 Å². The lowest BCUT2D eigenvalue weighted by atomic mass is 9.88. The lowest BCUT2D eigenvalue weighted by Crippen LogP contribution is -2.43. The number of nitrogens with zero attached hydrogens (tertiary/aromatic N) is 2. The SMILES string of the molecule is C=C(/C(F)=C(\NN)NC(=O)C(C)(C)CCN1CCCC1)c1cncc(F)c1. The van der Waals surface area contributed by atoms with Crippen LogP contribution in [0, 0.1) is 11.2 Å². The van der Waals surface area contributed by atoms with Gasteiger partial charge >= 0.3 is 0 Å². The Bertz CT molecular complexity index is 727. The fraction of sp³-hybridized carbons (Fsp3) is 0.474. The number of halogens is 2. The molecule has 1 aromatic heterocycles. The molecular weight excluding hydrogens is 352 g/mol. The first-order valence-electron chi connectivity index (χ1n) is 8.95. The van der Waals surface area contributed by atoms with Crippen molar-refractivity contribution >= 4 is 11.5 Å². The molecule has 27 heavy (non-hydrogen) atoms. The number of amides is 1. The van der Waals surface area contributed by atoms with Gasteiger partial charge in [0.15, 0.2) is 11.6 Å². The van der Waals surface area contributed by atoms with Crippen LogP contribution in [0.5, 0.6) is 0 Å². The predicted molar refractivity (Wildman–Crippen MR) is 101 cm³/mol. The number of carbonyl (C=O) groups excluding carboxylic acids is 1. The molecular formula is C19H27F2N5O. The van der Waals surface area contributed by atoms with Gasteiger partial charge in [0, 0.05) is 22.7 Å². The quantitative estimate of drug-likeness (QED) is 0.367. The molecule has 0 bridgehead atoms. The number of allylic oxidation sites excluding steroid dienone is 2. The van der Waals surface area contributed by atoms with Crippen LogP contribution < -0.4 is 16.6 Å². The molecule has 1 saturated heterocycles. The molecule has 1 amide bonds. The molecule has 0 spiro atoms. The van der Waals surface area contributed by atoms with Crippen molar-refractivity contribution in [2.75, 3.05) is 19.6 Å². The summed E-state index contributed by atoms with van der Waals surface area (Å²) < 4.78 is 28.0. The summed E-state index contributed by atoms with van der Waals surface area (Å²) >= 11 is 0. The van der Waals surface area contributed by atoms with Gasteiger partial charge in [-0.3, -0.25) is 9.78 Å². The molecule has 0 aromatic carbocycles. The van der Waals surface area contributed by atoms with Crippen molar-refractivity contribution < 1.29 is 13.6 Å². The highest BCUT2D eigenvalue weighted by atomic mass is 19.1. The lowest BCUT2D eigenvalue weighted by molar-refractivity contribution is -0.129. The molecule has 0 atom stereocenters. The number of nitrogens with two attached hydrogens (primary N) is 1. The van der Waals surface area contributed by atoms with Crippen molar-refractivity contribution in [3.8, 4) is 0 Å². The van der Waals surface area contributed by atoms with E-state index in [1.807, 2.05) is 0 Å². The molecule has 0 saturated carbocycles. The minimum atomic E-state index is -0.881. The van der Waals surface area contributed by atoms with E-state index in [1.54, 1.807) is 13.8 Å². The van der Waals surface area contributed by atoms with Crippen LogP contribution in [0.25, 0.3) is 5.57 Å². The number of aromatic nitrogens is 1. The highest BCUT2D eigenvalue weighted by molar-refractivity contribution is 5.84. The molecule has 1 fully saturated rings. The van der Waals surface area contributed by atoms with E-state index in [9.17, 15) is 13.6 Å². The second kappa shape index (κ2) is 9.05. The predicted octanol–water partition coefficient (Wildman–Crippen LogP) is 2.46. The Morgan fingerprint density at radius 1 is 1.37 bits per heavy atom. The fourth-order valence-electron chi connectivity index (χ4n) is 2.85. The largest absolute Gasteiger partial charge is 0.309 e. The average molecular weight is 379 g/mol. The molecule has 4 N–H and O–H groups in total. The minimum Gasteiger partial charge on any atom is -0.309 e. The van der Waals surface area contributed by atoms with Gasteiger partial charge in [-0.05, 0) is 45.0 Å². The zero-order valence-electron chi connectivity index (χ0n) is 15.8. The molecule has 2 rings (SSSR count). The minimum absolute atomic E-state index is 0.134. The van der Waals surface area contributed by atoms with Gasteiger partial charge in [-0.1, -0.05) is 20.4 Å². The fourth-order valence-corrected chi connectivity index (χ4v) is 2.85. The summed E-state index contributed by atoms with van der Waals surface area (Å²) in [7, 11) is 0. The van der Waals surface area contributed by atoms with E-state index in [1.165, 1.54) is 19.0 Å². The first-order chi connectivity index (χ1) is 12.7. The smallest absolute Gasteiger partial charge is 0.231 e. The van der Waals surface area contributed by atoms with Crippen LogP contribution in [0.3, 0.4) is 0 Å². The molecule has 148 valence electrons. The van der Waals surface area contributed by atoms with Crippen LogP contribution in [0.4, 0.5) is 8.78 Å². The number of carbonyl (C=O) groups is 1. The summed E-state index contributed by atoms with van der Waals surface area (Å²) in [5, 5.41) is 2.48. The molecule has 1 aliphatic rings. The molecule has 6 nitrogen and oxygen atoms in total. The van der Waals surface area contributed by atoms with Gasteiger partial charge < -0.3 is 15.6 Å². The van der Waals surface area contributed by atoms with Crippen molar-refractivity contribution in [2.45, 2.75) is 33.1 Å². The van der Waals surface area contributed by atoms with Crippen molar-refractivity contribution in [2.24, 2.45) is 11.3 Å². The van der Waals surface area contributed by atoms with E-state index in [0.717, 1.165) is 31.9 Å². The van der Waals surface area contributed by atoms with Gasteiger partial charge in [-0.2, -0.15) is 0 Å². The van der Waals surface area contributed by atoms with Crippen molar-refractivity contribution in [1.82, 2.24) is 20.6 Å². The Balaban J connectivity index is 2.07. The molecule has 8 heteroatoms. The van der Waals surface area contributed by atoms with E-state index < -0.39 is 17.1 Å². The second-order valence-electron chi connectivity index (χ2n) is 7.34. The third-order valence-electron chi connectivity index (χ3n) is 4.79. The average Bonchev–Trinajstić information content (AvgIpc) is 3.16. The van der Waals surface area contributed by atoms with Crippen LogP contribution in [0.15, 0.2) is 36.7 Å². The maximum Gasteiger partial charge on any atom is 0.231 e. The van der Waals surface area contributed by atoms with Gasteiger partial charge in [-0.25, -0.2) is 14.6 Å². The summed E-state index contributed by atoms with van der Waals surface area (Å²) in [4.78, 5) is 18.6. The van der Waals surface area contributed by atoms with Crippen LogP contribution in [-0.4, -0.2) is 35.4 Å². The Kier molecular flexibility index (Phi) is 7.04. The molecule has 0 radical (unpaired) electrons. The second-order valence-corrected chi connectivity index (χ2v) is 7.34. The highest BCUT2D eigenvalue weighted by Crippen LogP contribution is 2.26. The van der Waals surface area contributed by atoms with Gasteiger partial charge in [0.1, 0.15) is 5.82 Å².